The van der Waals surface area contributed by atoms with Crippen LogP contribution in [0.5, 0.6) is 0 Å². The molecule has 0 aliphatic carbocycles. The van der Waals surface area contributed by atoms with E-state index in [1.807, 2.05) is 13.8 Å². The Labute approximate surface area is 139 Å². The average Bonchev–Trinajstić information content (AvgIpc) is 2.99. The van der Waals surface area contributed by atoms with Crippen molar-refractivity contribution in [3.63, 3.8) is 0 Å². The summed E-state index contributed by atoms with van der Waals surface area (Å²) in [4.78, 5) is 14.0. The van der Waals surface area contributed by atoms with Crippen molar-refractivity contribution in [2.24, 2.45) is 0 Å². The molecule has 0 saturated carbocycles. The van der Waals surface area contributed by atoms with E-state index in [0.29, 0.717) is 32.6 Å². The third-order valence-corrected chi connectivity index (χ3v) is 6.20. The van der Waals surface area contributed by atoms with Crippen LogP contribution in [0.4, 0.5) is 0 Å². The van der Waals surface area contributed by atoms with E-state index < -0.39 is 10.0 Å². The maximum atomic E-state index is 12.3. The zero-order chi connectivity index (χ0) is 16.9. The largest absolute Gasteiger partial charge is 0.378 e. The summed E-state index contributed by atoms with van der Waals surface area (Å²) in [5.41, 5.74) is 0. The van der Waals surface area contributed by atoms with Gasteiger partial charge in [0.1, 0.15) is 0 Å². The minimum absolute atomic E-state index is 0.00508. The third-order valence-electron chi connectivity index (χ3n) is 4.36. The summed E-state index contributed by atoms with van der Waals surface area (Å²) in [6.45, 7) is 6.70. The van der Waals surface area contributed by atoms with Gasteiger partial charge in [0.05, 0.1) is 18.5 Å². The van der Waals surface area contributed by atoms with E-state index in [-0.39, 0.29) is 30.4 Å². The molecular weight excluding hydrogens is 318 g/mol. The zero-order valence-electron chi connectivity index (χ0n) is 14.2. The Kier molecular flexibility index (Phi) is 6.82. The van der Waals surface area contributed by atoms with Gasteiger partial charge in [-0.1, -0.05) is 0 Å². The Morgan fingerprint density at radius 2 is 1.96 bits per heavy atom. The average molecular weight is 347 g/mol. The van der Waals surface area contributed by atoms with Crippen LogP contribution >= 0.6 is 0 Å². The van der Waals surface area contributed by atoms with Crippen LogP contribution in [0, 0.1) is 0 Å². The number of nitrogens with one attached hydrogen (secondary N) is 1. The predicted octanol–water partition coefficient (Wildman–Crippen LogP) is 0.0275. The molecule has 2 fully saturated rings. The number of ether oxygens (including phenoxy) is 1. The number of carbonyl (C=O) groups excluding carboxylic acids is 1. The fourth-order valence-electron chi connectivity index (χ4n) is 3.00. The number of rotatable bonds is 7. The molecule has 23 heavy (non-hydrogen) atoms. The van der Waals surface area contributed by atoms with E-state index >= 15 is 0 Å². The molecule has 2 heterocycles. The van der Waals surface area contributed by atoms with Crippen molar-refractivity contribution in [3.8, 4) is 0 Å². The van der Waals surface area contributed by atoms with Crippen LogP contribution in [0.1, 0.15) is 33.1 Å². The van der Waals surface area contributed by atoms with Crippen molar-refractivity contribution in [1.29, 1.82) is 0 Å². The van der Waals surface area contributed by atoms with E-state index in [1.54, 1.807) is 4.90 Å². The SMILES string of the molecule is CC(C)OCCS(=O)(=O)N1CCN(C(=O)CC2CCCN2)CC1. The van der Waals surface area contributed by atoms with Gasteiger partial charge in [0.25, 0.3) is 0 Å². The molecule has 1 N–H and O–H groups in total. The van der Waals surface area contributed by atoms with Gasteiger partial charge in [-0.05, 0) is 33.2 Å². The summed E-state index contributed by atoms with van der Waals surface area (Å²) < 4.78 is 31.3. The second-order valence-electron chi connectivity index (χ2n) is 6.51. The summed E-state index contributed by atoms with van der Waals surface area (Å²) in [5.74, 6) is 0.134. The van der Waals surface area contributed by atoms with Crippen molar-refractivity contribution >= 4 is 15.9 Å². The van der Waals surface area contributed by atoms with Crippen molar-refractivity contribution in [2.75, 3.05) is 45.1 Å². The molecule has 0 aromatic rings. The molecule has 2 saturated heterocycles. The van der Waals surface area contributed by atoms with E-state index in [4.69, 9.17) is 4.74 Å². The molecule has 0 radical (unpaired) electrons. The lowest BCUT2D eigenvalue weighted by atomic mass is 10.1. The monoisotopic (exact) mass is 347 g/mol. The lowest BCUT2D eigenvalue weighted by Crippen LogP contribution is -2.52. The third kappa shape index (κ3) is 5.70. The molecule has 1 atom stereocenters. The maximum Gasteiger partial charge on any atom is 0.224 e. The lowest BCUT2D eigenvalue weighted by molar-refractivity contribution is -0.132. The highest BCUT2D eigenvalue weighted by Gasteiger charge is 2.29. The van der Waals surface area contributed by atoms with Crippen LogP contribution in [0.2, 0.25) is 0 Å². The van der Waals surface area contributed by atoms with E-state index in [9.17, 15) is 13.2 Å². The number of nitrogens with zero attached hydrogens (tertiary/aromatic N) is 2. The van der Waals surface area contributed by atoms with E-state index in [1.165, 1.54) is 4.31 Å². The summed E-state index contributed by atoms with van der Waals surface area (Å²) in [5, 5.41) is 3.32. The minimum atomic E-state index is -3.29. The fourth-order valence-corrected chi connectivity index (χ4v) is 4.29. The number of piperazine rings is 1. The smallest absolute Gasteiger partial charge is 0.224 e. The Balaban J connectivity index is 1.75. The first-order chi connectivity index (χ1) is 10.9. The van der Waals surface area contributed by atoms with Crippen molar-refractivity contribution in [3.05, 3.63) is 0 Å². The van der Waals surface area contributed by atoms with Crippen LogP contribution < -0.4 is 5.32 Å². The van der Waals surface area contributed by atoms with Crippen LogP contribution in [0.25, 0.3) is 0 Å². The van der Waals surface area contributed by atoms with E-state index in [2.05, 4.69) is 5.32 Å². The quantitative estimate of drug-likeness (QED) is 0.703. The predicted molar refractivity (Wildman–Crippen MR) is 88.7 cm³/mol. The van der Waals surface area contributed by atoms with Gasteiger partial charge in [0.15, 0.2) is 0 Å². The minimum Gasteiger partial charge on any atom is -0.378 e. The molecule has 7 nitrogen and oxygen atoms in total. The van der Waals surface area contributed by atoms with Gasteiger partial charge < -0.3 is 15.0 Å². The number of carbonyl (C=O) groups is 1. The van der Waals surface area contributed by atoms with Crippen LogP contribution in [-0.4, -0.2) is 80.8 Å². The normalized spacial score (nSPS) is 23.6. The van der Waals surface area contributed by atoms with Crippen LogP contribution in [0.3, 0.4) is 0 Å². The Hall–Kier alpha value is -0.700. The van der Waals surface area contributed by atoms with Gasteiger partial charge in [-0.25, -0.2) is 8.42 Å². The number of hydrogen-bond acceptors (Lipinski definition) is 5. The molecule has 0 aromatic carbocycles. The highest BCUT2D eigenvalue weighted by Crippen LogP contribution is 2.13. The molecule has 2 rings (SSSR count). The summed E-state index contributed by atoms with van der Waals surface area (Å²) >= 11 is 0. The second-order valence-corrected chi connectivity index (χ2v) is 8.60. The van der Waals surface area contributed by atoms with Gasteiger partial charge >= 0.3 is 0 Å². The Bertz CT molecular complexity index is 481. The molecule has 0 bridgehead atoms. The molecule has 134 valence electrons. The lowest BCUT2D eigenvalue weighted by Gasteiger charge is -2.34. The number of sulfonamides is 1. The van der Waals surface area contributed by atoms with Crippen molar-refractivity contribution < 1.29 is 17.9 Å². The number of hydrogen-bond donors (Lipinski definition) is 1. The van der Waals surface area contributed by atoms with Gasteiger partial charge in [-0.2, -0.15) is 4.31 Å². The molecule has 1 unspecified atom stereocenters. The van der Waals surface area contributed by atoms with Gasteiger partial charge in [-0.3, -0.25) is 4.79 Å². The fraction of sp³-hybridized carbons (Fsp3) is 0.933. The first-order valence-corrected chi connectivity index (χ1v) is 10.1. The highest BCUT2D eigenvalue weighted by atomic mass is 32.2. The summed E-state index contributed by atoms with van der Waals surface area (Å²) in [6, 6.07) is 0.289. The molecule has 0 aromatic heterocycles. The number of amides is 1. The molecule has 2 aliphatic heterocycles. The summed E-state index contributed by atoms with van der Waals surface area (Å²) in [6.07, 6.45) is 2.73. The van der Waals surface area contributed by atoms with Gasteiger partial charge in [-0.15, -0.1) is 0 Å². The maximum absolute atomic E-state index is 12.3. The molecule has 1 amide bonds. The topological polar surface area (TPSA) is 79.0 Å². The molecule has 8 heteroatoms. The molecule has 0 spiro atoms. The first kappa shape index (κ1) is 18.6. The van der Waals surface area contributed by atoms with Crippen LogP contribution in [0.15, 0.2) is 0 Å². The standard InChI is InChI=1S/C15H29N3O4S/c1-13(2)22-10-11-23(20,21)18-8-6-17(7-9-18)15(19)12-14-4-3-5-16-14/h13-14,16H,3-12H2,1-2H3. The zero-order valence-corrected chi connectivity index (χ0v) is 15.0. The van der Waals surface area contributed by atoms with Crippen molar-refractivity contribution in [2.45, 2.75) is 45.3 Å². The highest BCUT2D eigenvalue weighted by molar-refractivity contribution is 7.89. The Morgan fingerprint density at radius 3 is 2.52 bits per heavy atom. The second kappa shape index (κ2) is 8.41. The van der Waals surface area contributed by atoms with E-state index in [0.717, 1.165) is 19.4 Å². The molecular formula is C15H29N3O4S. The summed E-state index contributed by atoms with van der Waals surface area (Å²) in [7, 11) is -3.29. The van der Waals surface area contributed by atoms with Gasteiger partial charge in [0, 0.05) is 38.6 Å². The first-order valence-electron chi connectivity index (χ1n) is 8.49. The van der Waals surface area contributed by atoms with Crippen LogP contribution in [-0.2, 0) is 19.6 Å². The van der Waals surface area contributed by atoms with Crippen molar-refractivity contribution in [1.82, 2.24) is 14.5 Å². The van der Waals surface area contributed by atoms with Gasteiger partial charge in [0.2, 0.25) is 15.9 Å². The Morgan fingerprint density at radius 1 is 1.26 bits per heavy atom. The molecule has 2 aliphatic rings.